The van der Waals surface area contributed by atoms with Gasteiger partial charge in [0.25, 0.3) is 0 Å². The van der Waals surface area contributed by atoms with Crippen molar-refractivity contribution in [3.8, 4) is 0 Å². The van der Waals surface area contributed by atoms with Crippen molar-refractivity contribution >= 4 is 27.6 Å². The van der Waals surface area contributed by atoms with Gasteiger partial charge >= 0.3 is 5.97 Å². The molecule has 1 aromatic rings. The Morgan fingerprint density at radius 1 is 1.58 bits per heavy atom. The van der Waals surface area contributed by atoms with Crippen LogP contribution in [0.25, 0.3) is 0 Å². The van der Waals surface area contributed by atoms with Crippen LogP contribution in [-0.4, -0.2) is 30.5 Å². The molecule has 6 nitrogen and oxygen atoms in total. The van der Waals surface area contributed by atoms with Crippen molar-refractivity contribution < 1.29 is 18.3 Å². The number of carboxylic acids is 1. The summed E-state index contributed by atoms with van der Waals surface area (Å²) in [7, 11) is -4.02. The van der Waals surface area contributed by atoms with Crippen LogP contribution in [0.2, 0.25) is 5.15 Å². The largest absolute Gasteiger partial charge is 0.480 e. The Morgan fingerprint density at radius 3 is 2.68 bits per heavy atom. The number of aliphatic carboxylic acids is 1. The summed E-state index contributed by atoms with van der Waals surface area (Å²) in [6, 6.07) is 1.48. The summed E-state index contributed by atoms with van der Waals surface area (Å²) in [5, 5.41) is 8.89. The fourth-order valence-electron chi connectivity index (χ4n) is 1.45. The normalized spacial score (nSPS) is 14.9. The molecule has 1 rings (SSSR count). The van der Waals surface area contributed by atoms with Gasteiger partial charge in [0.15, 0.2) is 0 Å². The van der Waals surface area contributed by atoms with E-state index in [-0.39, 0.29) is 16.0 Å². The number of hydrogen-bond acceptors (Lipinski definition) is 4. The van der Waals surface area contributed by atoms with E-state index in [4.69, 9.17) is 16.7 Å². The number of carboxylic acid groups (broad SMARTS) is 1. The molecule has 0 fully saturated rings. The highest BCUT2D eigenvalue weighted by molar-refractivity contribution is 7.89. The first-order valence-electron chi connectivity index (χ1n) is 5.65. The van der Waals surface area contributed by atoms with Gasteiger partial charge in [-0.15, -0.1) is 0 Å². The quantitative estimate of drug-likeness (QED) is 0.777. The van der Waals surface area contributed by atoms with E-state index in [1.54, 1.807) is 13.8 Å². The molecule has 0 saturated heterocycles. The Kier molecular flexibility index (Phi) is 5.28. The SMILES string of the molecule is CCC(C)C(NS(=O)(=O)c1cccnc1Cl)C(=O)O. The molecule has 0 aromatic carbocycles. The zero-order chi connectivity index (χ0) is 14.6. The van der Waals surface area contributed by atoms with Crippen LogP contribution < -0.4 is 4.72 Å². The smallest absolute Gasteiger partial charge is 0.322 e. The number of nitrogens with zero attached hydrogens (tertiary/aromatic N) is 1. The second-order valence-corrected chi connectivity index (χ2v) is 6.16. The highest BCUT2D eigenvalue weighted by atomic mass is 35.5. The molecule has 0 aliphatic heterocycles. The van der Waals surface area contributed by atoms with Crippen LogP contribution in [0.1, 0.15) is 20.3 Å². The number of nitrogens with one attached hydrogen (secondary N) is 1. The zero-order valence-corrected chi connectivity index (χ0v) is 12.1. The maximum atomic E-state index is 12.1. The van der Waals surface area contributed by atoms with Gasteiger partial charge in [-0.05, 0) is 18.1 Å². The topological polar surface area (TPSA) is 96.4 Å². The molecule has 0 spiro atoms. The Balaban J connectivity index is 3.08. The standard InChI is InChI=1S/C11H15ClN2O4S/c1-3-7(2)9(11(15)16)14-19(17,18)8-5-4-6-13-10(8)12/h4-7,9,14H,3H2,1-2H3,(H,15,16). The van der Waals surface area contributed by atoms with Gasteiger partial charge in [0, 0.05) is 6.20 Å². The van der Waals surface area contributed by atoms with Gasteiger partial charge in [0.2, 0.25) is 10.0 Å². The Bertz CT molecular complexity index is 562. The van der Waals surface area contributed by atoms with Crippen molar-refractivity contribution in [2.24, 2.45) is 5.92 Å². The van der Waals surface area contributed by atoms with E-state index in [1.807, 2.05) is 0 Å². The first kappa shape index (κ1) is 15.9. The van der Waals surface area contributed by atoms with Crippen LogP contribution in [0.3, 0.4) is 0 Å². The van der Waals surface area contributed by atoms with Crippen LogP contribution in [0.5, 0.6) is 0 Å². The molecule has 0 radical (unpaired) electrons. The summed E-state index contributed by atoms with van der Waals surface area (Å²) in [6.07, 6.45) is 1.88. The van der Waals surface area contributed by atoms with Crippen molar-refractivity contribution in [1.82, 2.24) is 9.71 Å². The minimum Gasteiger partial charge on any atom is -0.480 e. The summed E-state index contributed by atoms with van der Waals surface area (Å²) < 4.78 is 26.3. The molecule has 0 aliphatic rings. The van der Waals surface area contributed by atoms with Crippen molar-refractivity contribution in [2.75, 3.05) is 0 Å². The Labute approximate surface area is 116 Å². The summed E-state index contributed by atoms with van der Waals surface area (Å²) in [5.41, 5.74) is 0. The summed E-state index contributed by atoms with van der Waals surface area (Å²) >= 11 is 5.71. The maximum Gasteiger partial charge on any atom is 0.322 e. The molecule has 2 N–H and O–H groups in total. The number of carbonyl (C=O) groups is 1. The van der Waals surface area contributed by atoms with Crippen molar-refractivity contribution in [3.63, 3.8) is 0 Å². The van der Waals surface area contributed by atoms with Gasteiger partial charge in [0.05, 0.1) is 0 Å². The molecule has 2 unspecified atom stereocenters. The molecule has 19 heavy (non-hydrogen) atoms. The van der Waals surface area contributed by atoms with Gasteiger partial charge in [-0.2, -0.15) is 4.72 Å². The van der Waals surface area contributed by atoms with Crippen molar-refractivity contribution in [3.05, 3.63) is 23.5 Å². The Morgan fingerprint density at radius 2 is 2.21 bits per heavy atom. The molecule has 0 bridgehead atoms. The number of pyridine rings is 1. The van der Waals surface area contributed by atoms with Crippen LogP contribution in [0.15, 0.2) is 23.2 Å². The van der Waals surface area contributed by atoms with E-state index in [0.717, 1.165) is 0 Å². The van der Waals surface area contributed by atoms with Gasteiger partial charge in [-0.3, -0.25) is 4.79 Å². The summed E-state index contributed by atoms with van der Waals surface area (Å²) in [6.45, 7) is 3.44. The van der Waals surface area contributed by atoms with Crippen LogP contribution >= 0.6 is 11.6 Å². The Hall–Kier alpha value is -1.18. The molecule has 8 heteroatoms. The van der Waals surface area contributed by atoms with E-state index in [0.29, 0.717) is 6.42 Å². The lowest BCUT2D eigenvalue weighted by Gasteiger charge is -2.20. The van der Waals surface area contributed by atoms with Gasteiger partial charge in [0.1, 0.15) is 16.1 Å². The summed E-state index contributed by atoms with van der Waals surface area (Å²) in [4.78, 5) is 14.5. The predicted octanol–water partition coefficient (Wildman–Crippen LogP) is 1.51. The van der Waals surface area contributed by atoms with E-state index in [1.165, 1.54) is 18.3 Å². The van der Waals surface area contributed by atoms with Gasteiger partial charge < -0.3 is 5.11 Å². The minimum atomic E-state index is -4.02. The van der Waals surface area contributed by atoms with Crippen LogP contribution in [0.4, 0.5) is 0 Å². The molecule has 1 aromatic heterocycles. The second-order valence-electron chi connectivity index (χ2n) is 4.12. The third-order valence-corrected chi connectivity index (χ3v) is 4.66. The average Bonchev–Trinajstić information content (AvgIpc) is 2.35. The molecule has 106 valence electrons. The lowest BCUT2D eigenvalue weighted by molar-refractivity contribution is -0.140. The highest BCUT2D eigenvalue weighted by Gasteiger charge is 2.30. The van der Waals surface area contributed by atoms with Crippen molar-refractivity contribution in [2.45, 2.75) is 31.2 Å². The third-order valence-electron chi connectivity index (χ3n) is 2.78. The van der Waals surface area contributed by atoms with E-state index >= 15 is 0 Å². The molecule has 0 aliphatic carbocycles. The molecular formula is C11H15ClN2O4S. The molecule has 0 saturated carbocycles. The molecule has 0 amide bonds. The number of sulfonamides is 1. The minimum absolute atomic E-state index is 0.191. The van der Waals surface area contributed by atoms with Crippen molar-refractivity contribution in [1.29, 1.82) is 0 Å². The number of halogens is 1. The highest BCUT2D eigenvalue weighted by Crippen LogP contribution is 2.19. The first-order valence-corrected chi connectivity index (χ1v) is 7.51. The van der Waals surface area contributed by atoms with Crippen LogP contribution in [0, 0.1) is 5.92 Å². The molecule has 1 heterocycles. The number of hydrogen-bond donors (Lipinski definition) is 2. The van der Waals surface area contributed by atoms with Gasteiger partial charge in [-0.1, -0.05) is 31.9 Å². The average molecular weight is 307 g/mol. The second kappa shape index (κ2) is 6.31. The first-order chi connectivity index (χ1) is 8.79. The fraction of sp³-hybridized carbons (Fsp3) is 0.455. The summed E-state index contributed by atoms with van der Waals surface area (Å²) in [5.74, 6) is -1.57. The van der Waals surface area contributed by atoms with Gasteiger partial charge in [-0.25, -0.2) is 13.4 Å². The molecular weight excluding hydrogens is 292 g/mol. The lowest BCUT2D eigenvalue weighted by atomic mass is 10.0. The lowest BCUT2D eigenvalue weighted by Crippen LogP contribution is -2.44. The van der Waals surface area contributed by atoms with Crippen LogP contribution in [-0.2, 0) is 14.8 Å². The van der Waals surface area contributed by atoms with E-state index in [2.05, 4.69) is 9.71 Å². The zero-order valence-electron chi connectivity index (χ0n) is 10.5. The predicted molar refractivity (Wildman–Crippen MR) is 70.4 cm³/mol. The number of aromatic nitrogens is 1. The molecule has 2 atom stereocenters. The van der Waals surface area contributed by atoms with E-state index in [9.17, 15) is 13.2 Å². The third kappa shape index (κ3) is 3.89. The fourth-order valence-corrected chi connectivity index (χ4v) is 3.20. The van der Waals surface area contributed by atoms with E-state index < -0.39 is 22.0 Å². The number of rotatable bonds is 6. The maximum absolute atomic E-state index is 12.1. The monoisotopic (exact) mass is 306 g/mol.